The maximum absolute atomic E-state index is 12.5. The predicted molar refractivity (Wildman–Crippen MR) is 101 cm³/mol. The van der Waals surface area contributed by atoms with Gasteiger partial charge in [0.15, 0.2) is 0 Å². The zero-order valence-corrected chi connectivity index (χ0v) is 16.3. The Kier molecular flexibility index (Phi) is 6.25. The summed E-state index contributed by atoms with van der Waals surface area (Å²) in [6, 6.07) is 5.37. The van der Waals surface area contributed by atoms with Crippen LogP contribution in [0.4, 0.5) is 4.79 Å². The van der Waals surface area contributed by atoms with E-state index in [4.69, 9.17) is 13.9 Å². The van der Waals surface area contributed by atoms with Crippen molar-refractivity contribution in [2.45, 2.75) is 59.1 Å². The first-order chi connectivity index (χ1) is 12.6. The highest BCUT2D eigenvalue weighted by atomic mass is 16.6. The van der Waals surface area contributed by atoms with Gasteiger partial charge < -0.3 is 19.2 Å². The maximum Gasteiger partial charge on any atom is 0.408 e. The fourth-order valence-electron chi connectivity index (χ4n) is 2.54. The number of amides is 1. The minimum atomic E-state index is -0.843. The molecule has 0 bridgehead atoms. The third-order valence-electron chi connectivity index (χ3n) is 3.69. The number of ether oxygens (including phenoxy) is 2. The number of alkyl carbamates (subject to hydrolysis) is 1. The van der Waals surface area contributed by atoms with Crippen molar-refractivity contribution in [2.75, 3.05) is 0 Å². The Morgan fingerprint density at radius 3 is 2.56 bits per heavy atom. The molecule has 1 amide bonds. The van der Waals surface area contributed by atoms with Crippen molar-refractivity contribution in [3.8, 4) is 5.75 Å². The molecule has 7 heteroatoms. The first-order valence-corrected chi connectivity index (χ1v) is 8.85. The summed E-state index contributed by atoms with van der Waals surface area (Å²) >= 11 is 0. The first kappa shape index (κ1) is 20.5. The van der Waals surface area contributed by atoms with E-state index in [1.165, 1.54) is 12.1 Å². The molecule has 27 heavy (non-hydrogen) atoms. The number of hydrogen-bond donors (Lipinski definition) is 1. The second-order valence-corrected chi connectivity index (χ2v) is 7.32. The SMILES string of the molecule is CCC[C@@H](NC(=O)OC(C)(C)C)C(=O)Oc1ccc2c(C)cc(=O)oc2c1. The highest BCUT2D eigenvalue weighted by molar-refractivity contribution is 5.85. The fraction of sp³-hybridized carbons (Fsp3) is 0.450. The van der Waals surface area contributed by atoms with Gasteiger partial charge in [0, 0.05) is 17.5 Å². The van der Waals surface area contributed by atoms with E-state index in [9.17, 15) is 14.4 Å². The monoisotopic (exact) mass is 375 g/mol. The summed E-state index contributed by atoms with van der Waals surface area (Å²) < 4.78 is 15.7. The Balaban J connectivity index is 2.16. The Morgan fingerprint density at radius 2 is 1.93 bits per heavy atom. The van der Waals surface area contributed by atoms with Crippen LogP contribution in [-0.4, -0.2) is 23.7 Å². The summed E-state index contributed by atoms with van der Waals surface area (Å²) in [6.45, 7) is 8.91. The molecule has 0 unspecified atom stereocenters. The second kappa shape index (κ2) is 8.24. The highest BCUT2D eigenvalue weighted by Gasteiger charge is 2.25. The minimum absolute atomic E-state index is 0.230. The lowest BCUT2D eigenvalue weighted by Gasteiger charge is -2.22. The number of carbonyl (C=O) groups excluding carboxylic acids is 2. The van der Waals surface area contributed by atoms with Gasteiger partial charge in [-0.2, -0.15) is 0 Å². The number of fused-ring (bicyclic) bond motifs is 1. The highest BCUT2D eigenvalue weighted by Crippen LogP contribution is 2.22. The van der Waals surface area contributed by atoms with Crippen LogP contribution in [-0.2, 0) is 9.53 Å². The van der Waals surface area contributed by atoms with Gasteiger partial charge in [-0.25, -0.2) is 14.4 Å². The number of hydrogen-bond acceptors (Lipinski definition) is 6. The molecule has 0 aliphatic rings. The number of nitrogens with one attached hydrogen (secondary N) is 1. The van der Waals surface area contributed by atoms with Crippen molar-refractivity contribution in [2.24, 2.45) is 0 Å². The van der Waals surface area contributed by atoms with Gasteiger partial charge in [0.2, 0.25) is 0 Å². The maximum atomic E-state index is 12.5. The molecule has 2 rings (SSSR count). The Morgan fingerprint density at radius 1 is 1.22 bits per heavy atom. The van der Waals surface area contributed by atoms with Gasteiger partial charge in [-0.1, -0.05) is 13.3 Å². The largest absolute Gasteiger partial charge is 0.444 e. The van der Waals surface area contributed by atoms with Crippen LogP contribution in [0.15, 0.2) is 33.5 Å². The molecule has 2 aromatic rings. The van der Waals surface area contributed by atoms with Crippen molar-refractivity contribution in [1.82, 2.24) is 5.32 Å². The number of rotatable bonds is 5. The molecule has 7 nitrogen and oxygen atoms in total. The molecule has 1 N–H and O–H groups in total. The molecule has 1 atom stereocenters. The van der Waals surface area contributed by atoms with E-state index in [0.717, 1.165) is 10.9 Å². The molecule has 0 spiro atoms. The minimum Gasteiger partial charge on any atom is -0.444 e. The van der Waals surface area contributed by atoms with Crippen LogP contribution in [0.2, 0.25) is 0 Å². The van der Waals surface area contributed by atoms with Crippen LogP contribution in [0, 0.1) is 6.92 Å². The standard InChI is InChI=1S/C20H25NO6/c1-6-7-15(21-19(24)27-20(3,4)5)18(23)25-13-8-9-14-12(2)10-17(22)26-16(14)11-13/h8-11,15H,6-7H2,1-5H3,(H,21,24)/t15-/m1/s1. The molecule has 0 saturated heterocycles. The van der Waals surface area contributed by atoms with E-state index in [-0.39, 0.29) is 5.75 Å². The molecule has 1 aromatic heterocycles. The van der Waals surface area contributed by atoms with Gasteiger partial charge in [0.05, 0.1) is 0 Å². The smallest absolute Gasteiger partial charge is 0.408 e. The molecule has 1 heterocycles. The fourth-order valence-corrected chi connectivity index (χ4v) is 2.54. The van der Waals surface area contributed by atoms with Gasteiger partial charge in [0.1, 0.15) is 23.0 Å². The van der Waals surface area contributed by atoms with E-state index < -0.39 is 29.3 Å². The van der Waals surface area contributed by atoms with Crippen molar-refractivity contribution in [3.63, 3.8) is 0 Å². The number of carbonyl (C=O) groups is 2. The van der Waals surface area contributed by atoms with E-state index in [1.54, 1.807) is 39.8 Å². The lowest BCUT2D eigenvalue weighted by molar-refractivity contribution is -0.137. The first-order valence-electron chi connectivity index (χ1n) is 8.85. The number of benzene rings is 1. The molecular weight excluding hydrogens is 350 g/mol. The zero-order chi connectivity index (χ0) is 20.2. The molecule has 0 saturated carbocycles. The topological polar surface area (TPSA) is 94.8 Å². The summed E-state index contributed by atoms with van der Waals surface area (Å²) in [7, 11) is 0. The van der Waals surface area contributed by atoms with Gasteiger partial charge in [-0.15, -0.1) is 0 Å². The van der Waals surface area contributed by atoms with Crippen LogP contribution in [0.3, 0.4) is 0 Å². The average molecular weight is 375 g/mol. The van der Waals surface area contributed by atoms with E-state index in [0.29, 0.717) is 18.4 Å². The Labute approximate surface area is 157 Å². The third kappa shape index (κ3) is 5.84. The van der Waals surface area contributed by atoms with Crippen molar-refractivity contribution in [1.29, 1.82) is 0 Å². The van der Waals surface area contributed by atoms with Crippen LogP contribution in [0.25, 0.3) is 11.0 Å². The van der Waals surface area contributed by atoms with Gasteiger partial charge >= 0.3 is 17.7 Å². The van der Waals surface area contributed by atoms with Crippen LogP contribution < -0.4 is 15.7 Å². The predicted octanol–water partition coefficient (Wildman–Crippen LogP) is 3.70. The molecule has 0 aliphatic heterocycles. The lowest BCUT2D eigenvalue weighted by atomic mass is 10.1. The van der Waals surface area contributed by atoms with Crippen LogP contribution in [0.5, 0.6) is 5.75 Å². The van der Waals surface area contributed by atoms with E-state index in [1.807, 2.05) is 6.92 Å². The van der Waals surface area contributed by atoms with Gasteiger partial charge in [0.25, 0.3) is 0 Å². The summed E-state index contributed by atoms with van der Waals surface area (Å²) in [6.07, 6.45) is 0.388. The molecule has 146 valence electrons. The van der Waals surface area contributed by atoms with Crippen LogP contribution in [0.1, 0.15) is 46.1 Å². The van der Waals surface area contributed by atoms with Gasteiger partial charge in [-0.05, 0) is 51.8 Å². The summed E-state index contributed by atoms with van der Waals surface area (Å²) in [5.41, 5.74) is -0.0376. The molecule has 0 fully saturated rings. The van der Waals surface area contributed by atoms with Gasteiger partial charge in [-0.3, -0.25) is 0 Å². The quantitative estimate of drug-likeness (QED) is 0.486. The molecular formula is C20H25NO6. The number of aryl methyl sites for hydroxylation is 1. The molecule has 1 aromatic carbocycles. The zero-order valence-electron chi connectivity index (χ0n) is 16.3. The van der Waals surface area contributed by atoms with Crippen molar-refractivity contribution < 1.29 is 23.5 Å². The normalized spacial score (nSPS) is 12.5. The average Bonchev–Trinajstić information content (AvgIpc) is 2.52. The van der Waals surface area contributed by atoms with E-state index >= 15 is 0 Å². The van der Waals surface area contributed by atoms with Crippen LogP contribution >= 0.6 is 0 Å². The van der Waals surface area contributed by atoms with Crippen molar-refractivity contribution >= 4 is 23.0 Å². The molecule has 0 aliphatic carbocycles. The Hall–Kier alpha value is -2.83. The molecule has 0 radical (unpaired) electrons. The van der Waals surface area contributed by atoms with Crippen molar-refractivity contribution in [3.05, 3.63) is 40.2 Å². The number of esters is 1. The summed E-state index contributed by atoms with van der Waals surface area (Å²) in [4.78, 5) is 36.0. The van der Waals surface area contributed by atoms with E-state index in [2.05, 4.69) is 5.32 Å². The third-order valence-corrected chi connectivity index (χ3v) is 3.69. The summed E-state index contributed by atoms with van der Waals surface area (Å²) in [5, 5.41) is 3.30. The second-order valence-electron chi connectivity index (χ2n) is 7.32. The summed E-state index contributed by atoms with van der Waals surface area (Å²) in [5.74, 6) is -0.384. The lowest BCUT2D eigenvalue weighted by Crippen LogP contribution is -2.45. The Bertz CT molecular complexity index is 893.